The van der Waals surface area contributed by atoms with E-state index < -0.39 is 0 Å². The normalized spacial score (nSPS) is 23.8. The Bertz CT molecular complexity index is 419. The molecule has 1 saturated carbocycles. The van der Waals surface area contributed by atoms with Gasteiger partial charge in [0.2, 0.25) is 0 Å². The van der Waals surface area contributed by atoms with Gasteiger partial charge in [-0.1, -0.05) is 44.4 Å². The third kappa shape index (κ3) is 4.19. The molecule has 1 N–H and O–H groups in total. The van der Waals surface area contributed by atoms with Gasteiger partial charge in [-0.05, 0) is 42.4 Å². The van der Waals surface area contributed by atoms with Crippen LogP contribution in [0.1, 0.15) is 45.1 Å². The average Bonchev–Trinajstić information content (AvgIpc) is 2.40. The topological polar surface area (TPSA) is 12.0 Å². The highest BCUT2D eigenvalue weighted by Crippen LogP contribution is 2.30. The highest BCUT2D eigenvalue weighted by atomic mass is 35.5. The fourth-order valence-corrected chi connectivity index (χ4v) is 3.13. The van der Waals surface area contributed by atoms with E-state index in [0.717, 1.165) is 23.9 Å². The maximum absolute atomic E-state index is 13.1. The van der Waals surface area contributed by atoms with Gasteiger partial charge in [0.1, 0.15) is 5.82 Å². The predicted molar refractivity (Wildman–Crippen MR) is 78.8 cm³/mol. The second-order valence-corrected chi connectivity index (χ2v) is 6.40. The van der Waals surface area contributed by atoms with Crippen LogP contribution in [0.3, 0.4) is 0 Å². The molecular formula is C16H23ClFN. The van der Waals surface area contributed by atoms with E-state index in [1.54, 1.807) is 12.1 Å². The first-order valence-corrected chi connectivity index (χ1v) is 7.61. The summed E-state index contributed by atoms with van der Waals surface area (Å²) in [5, 5.41) is 3.80. The maximum atomic E-state index is 13.1. The zero-order chi connectivity index (χ0) is 13.8. The largest absolute Gasteiger partial charge is 0.310 e. The van der Waals surface area contributed by atoms with Crippen LogP contribution in [0.25, 0.3) is 0 Å². The van der Waals surface area contributed by atoms with Crippen LogP contribution < -0.4 is 5.32 Å². The average molecular weight is 284 g/mol. The molecule has 19 heavy (non-hydrogen) atoms. The van der Waals surface area contributed by atoms with Crippen molar-refractivity contribution in [1.29, 1.82) is 0 Å². The molecular weight excluding hydrogens is 261 g/mol. The van der Waals surface area contributed by atoms with Crippen LogP contribution in [-0.4, -0.2) is 6.04 Å². The molecule has 0 amide bonds. The van der Waals surface area contributed by atoms with E-state index in [9.17, 15) is 4.39 Å². The van der Waals surface area contributed by atoms with Crippen LogP contribution in [0.4, 0.5) is 4.39 Å². The van der Waals surface area contributed by atoms with E-state index in [1.165, 1.54) is 31.7 Å². The molecule has 0 radical (unpaired) electrons. The SMILES string of the molecule is CC(C)C1CCCC(NCc2ccc(F)c(Cl)c2)C1. The molecule has 3 heteroatoms. The maximum Gasteiger partial charge on any atom is 0.141 e. The Labute approximate surface area is 120 Å². The van der Waals surface area contributed by atoms with Crippen LogP contribution in [0.15, 0.2) is 18.2 Å². The molecule has 1 aliphatic rings. The van der Waals surface area contributed by atoms with E-state index >= 15 is 0 Å². The number of hydrogen-bond acceptors (Lipinski definition) is 1. The van der Waals surface area contributed by atoms with Crippen molar-refractivity contribution >= 4 is 11.6 Å². The van der Waals surface area contributed by atoms with Crippen LogP contribution in [0.5, 0.6) is 0 Å². The Hall–Kier alpha value is -0.600. The lowest BCUT2D eigenvalue weighted by atomic mass is 9.79. The summed E-state index contributed by atoms with van der Waals surface area (Å²) in [5.41, 5.74) is 1.05. The Morgan fingerprint density at radius 2 is 2.16 bits per heavy atom. The molecule has 0 spiro atoms. The summed E-state index contributed by atoms with van der Waals surface area (Å²) in [5.74, 6) is 1.26. The van der Waals surface area contributed by atoms with Crippen molar-refractivity contribution in [3.8, 4) is 0 Å². The van der Waals surface area contributed by atoms with Gasteiger partial charge in [0, 0.05) is 12.6 Å². The van der Waals surface area contributed by atoms with Gasteiger partial charge < -0.3 is 5.32 Å². The van der Waals surface area contributed by atoms with Gasteiger partial charge in [-0.25, -0.2) is 4.39 Å². The lowest BCUT2D eigenvalue weighted by Crippen LogP contribution is -2.35. The third-order valence-corrected chi connectivity index (χ3v) is 4.53. The molecule has 1 aromatic rings. The summed E-state index contributed by atoms with van der Waals surface area (Å²) in [6.45, 7) is 5.40. The Balaban J connectivity index is 1.86. The predicted octanol–water partition coefficient (Wildman–Crippen LogP) is 4.78. The summed E-state index contributed by atoms with van der Waals surface area (Å²) < 4.78 is 13.1. The molecule has 2 unspecified atom stereocenters. The van der Waals surface area contributed by atoms with Crippen molar-refractivity contribution in [2.75, 3.05) is 0 Å². The molecule has 1 fully saturated rings. The molecule has 0 aromatic heterocycles. The summed E-state index contributed by atoms with van der Waals surface area (Å²) >= 11 is 5.80. The second kappa shape index (κ2) is 6.71. The molecule has 1 aromatic carbocycles. The molecule has 2 atom stereocenters. The fraction of sp³-hybridized carbons (Fsp3) is 0.625. The zero-order valence-corrected chi connectivity index (χ0v) is 12.5. The quantitative estimate of drug-likeness (QED) is 0.838. The summed E-state index contributed by atoms with van der Waals surface area (Å²) in [6, 6.07) is 5.55. The van der Waals surface area contributed by atoms with Gasteiger partial charge in [0.05, 0.1) is 5.02 Å². The zero-order valence-electron chi connectivity index (χ0n) is 11.8. The van der Waals surface area contributed by atoms with E-state index in [2.05, 4.69) is 19.2 Å². The first kappa shape index (κ1) is 14.8. The van der Waals surface area contributed by atoms with Crippen molar-refractivity contribution in [2.24, 2.45) is 11.8 Å². The van der Waals surface area contributed by atoms with Crippen molar-refractivity contribution < 1.29 is 4.39 Å². The molecule has 0 heterocycles. The minimum absolute atomic E-state index is 0.211. The number of nitrogens with one attached hydrogen (secondary N) is 1. The minimum atomic E-state index is -0.344. The molecule has 1 nitrogen and oxygen atoms in total. The fourth-order valence-electron chi connectivity index (χ4n) is 2.93. The molecule has 0 saturated heterocycles. The molecule has 1 aliphatic carbocycles. The van der Waals surface area contributed by atoms with Crippen LogP contribution in [-0.2, 0) is 6.54 Å². The molecule has 0 bridgehead atoms. The Morgan fingerprint density at radius 1 is 1.37 bits per heavy atom. The lowest BCUT2D eigenvalue weighted by molar-refractivity contribution is 0.231. The summed E-state index contributed by atoms with van der Waals surface area (Å²) in [6.07, 6.45) is 5.17. The second-order valence-electron chi connectivity index (χ2n) is 6.00. The Morgan fingerprint density at radius 3 is 2.84 bits per heavy atom. The van der Waals surface area contributed by atoms with Crippen molar-refractivity contribution in [2.45, 2.75) is 52.1 Å². The van der Waals surface area contributed by atoms with Gasteiger partial charge in [0.25, 0.3) is 0 Å². The molecule has 106 valence electrons. The Kier molecular flexibility index (Phi) is 5.23. The summed E-state index contributed by atoms with van der Waals surface area (Å²) in [7, 11) is 0. The van der Waals surface area contributed by atoms with Crippen LogP contribution in [0.2, 0.25) is 5.02 Å². The number of rotatable bonds is 4. The highest BCUT2D eigenvalue weighted by Gasteiger charge is 2.23. The van der Waals surface area contributed by atoms with E-state index in [1.807, 2.05) is 0 Å². The monoisotopic (exact) mass is 283 g/mol. The van der Waals surface area contributed by atoms with Gasteiger partial charge in [0.15, 0.2) is 0 Å². The minimum Gasteiger partial charge on any atom is -0.310 e. The van der Waals surface area contributed by atoms with Crippen molar-refractivity contribution in [3.63, 3.8) is 0 Å². The van der Waals surface area contributed by atoms with Crippen LogP contribution in [0, 0.1) is 17.7 Å². The first-order valence-electron chi connectivity index (χ1n) is 7.23. The smallest absolute Gasteiger partial charge is 0.141 e. The molecule has 0 aliphatic heterocycles. The van der Waals surface area contributed by atoms with Crippen LogP contribution >= 0.6 is 11.6 Å². The highest BCUT2D eigenvalue weighted by molar-refractivity contribution is 6.30. The van der Waals surface area contributed by atoms with Gasteiger partial charge in [-0.15, -0.1) is 0 Å². The van der Waals surface area contributed by atoms with E-state index in [4.69, 9.17) is 11.6 Å². The lowest BCUT2D eigenvalue weighted by Gasteiger charge is -2.32. The number of benzene rings is 1. The summed E-state index contributed by atoms with van der Waals surface area (Å²) in [4.78, 5) is 0. The first-order chi connectivity index (χ1) is 9.06. The van der Waals surface area contributed by atoms with E-state index in [-0.39, 0.29) is 10.8 Å². The number of halogens is 2. The van der Waals surface area contributed by atoms with Gasteiger partial charge in [-0.2, -0.15) is 0 Å². The molecule has 2 rings (SSSR count). The van der Waals surface area contributed by atoms with Gasteiger partial charge >= 0.3 is 0 Å². The van der Waals surface area contributed by atoms with Gasteiger partial charge in [-0.3, -0.25) is 0 Å². The van der Waals surface area contributed by atoms with E-state index in [0.29, 0.717) is 6.04 Å². The third-order valence-electron chi connectivity index (χ3n) is 4.24. The van der Waals surface area contributed by atoms with Crippen molar-refractivity contribution in [1.82, 2.24) is 5.32 Å². The standard InChI is InChI=1S/C16H23ClFN/c1-11(2)13-4-3-5-14(9-13)19-10-12-6-7-16(18)15(17)8-12/h6-8,11,13-14,19H,3-5,9-10H2,1-2H3. The van der Waals surface area contributed by atoms with Crippen molar-refractivity contribution in [3.05, 3.63) is 34.6 Å². The number of hydrogen-bond donors (Lipinski definition) is 1.